The zero-order valence-corrected chi connectivity index (χ0v) is 7.09. The maximum atomic E-state index is 11.1. The van der Waals surface area contributed by atoms with Crippen LogP contribution in [0.3, 0.4) is 0 Å². The molecule has 0 aliphatic heterocycles. The van der Waals surface area contributed by atoms with Crippen LogP contribution < -0.4 is 10.2 Å². The van der Waals surface area contributed by atoms with Gasteiger partial charge >= 0.3 is 0 Å². The second kappa shape index (κ2) is 3.92. The maximum Gasteiger partial charge on any atom is 0.223 e. The van der Waals surface area contributed by atoms with E-state index in [1.807, 2.05) is 0 Å². The molecule has 0 saturated heterocycles. The monoisotopic (exact) mass is 169 g/mol. The zero-order chi connectivity index (χ0) is 8.97. The van der Waals surface area contributed by atoms with Crippen molar-refractivity contribution in [2.24, 2.45) is 0 Å². The van der Waals surface area contributed by atoms with Crippen LogP contribution >= 0.6 is 0 Å². The smallest absolute Gasteiger partial charge is 0.223 e. The van der Waals surface area contributed by atoms with Crippen LogP contribution in [0.2, 0.25) is 0 Å². The molecule has 0 spiro atoms. The summed E-state index contributed by atoms with van der Waals surface area (Å²) in [5.74, 6) is 0.315. The molecule has 0 fully saturated rings. The summed E-state index contributed by atoms with van der Waals surface area (Å²) in [7, 11) is 3.03. The van der Waals surface area contributed by atoms with Gasteiger partial charge in [-0.1, -0.05) is 0 Å². The van der Waals surface area contributed by atoms with Crippen LogP contribution in [0.1, 0.15) is 5.69 Å². The van der Waals surface area contributed by atoms with Gasteiger partial charge in [0.05, 0.1) is 13.7 Å². The summed E-state index contributed by atoms with van der Waals surface area (Å²) >= 11 is 0. The molecular formula is C8H11NO3. The normalized spacial score (nSPS) is 9.83. The van der Waals surface area contributed by atoms with E-state index >= 15 is 0 Å². The third-order valence-electron chi connectivity index (χ3n) is 1.46. The standard InChI is InChI=1S/C8H11NO3/c1-11-5-6-3-7(10)8(12-2)4-9-6/h3-4H,5H2,1-2H3,(H,9,10). The molecule has 0 aliphatic carbocycles. The van der Waals surface area contributed by atoms with E-state index in [9.17, 15) is 4.79 Å². The summed E-state index contributed by atoms with van der Waals surface area (Å²) in [5, 5.41) is 0. The van der Waals surface area contributed by atoms with Crippen LogP contribution in [0.15, 0.2) is 17.1 Å². The maximum absolute atomic E-state index is 11.1. The van der Waals surface area contributed by atoms with E-state index in [4.69, 9.17) is 9.47 Å². The molecule has 0 aliphatic rings. The summed E-state index contributed by atoms with van der Waals surface area (Å²) in [5.41, 5.74) is 0.603. The number of pyridine rings is 1. The summed E-state index contributed by atoms with van der Waals surface area (Å²) in [6.45, 7) is 0.402. The van der Waals surface area contributed by atoms with Gasteiger partial charge in [-0.2, -0.15) is 0 Å². The van der Waals surface area contributed by atoms with E-state index in [-0.39, 0.29) is 5.43 Å². The Kier molecular flexibility index (Phi) is 2.88. The fourth-order valence-electron chi connectivity index (χ4n) is 0.899. The molecule has 0 saturated carbocycles. The molecule has 0 bridgehead atoms. The molecule has 4 nitrogen and oxygen atoms in total. The lowest BCUT2D eigenvalue weighted by atomic mass is 10.3. The lowest BCUT2D eigenvalue weighted by Gasteiger charge is -2.01. The lowest BCUT2D eigenvalue weighted by Crippen LogP contribution is -2.07. The quantitative estimate of drug-likeness (QED) is 0.718. The molecule has 0 aromatic carbocycles. The van der Waals surface area contributed by atoms with E-state index < -0.39 is 0 Å². The molecule has 1 aromatic rings. The fourth-order valence-corrected chi connectivity index (χ4v) is 0.899. The van der Waals surface area contributed by atoms with Crippen molar-refractivity contribution in [3.05, 3.63) is 28.2 Å². The lowest BCUT2D eigenvalue weighted by molar-refractivity contribution is 0.181. The molecule has 1 aromatic heterocycles. The molecule has 1 N–H and O–H groups in total. The SMILES string of the molecule is COCc1cc(=O)c(OC)c[nH]1. The number of hydrogen-bond acceptors (Lipinski definition) is 3. The summed E-state index contributed by atoms with van der Waals surface area (Å²) in [6, 6.07) is 1.46. The molecule has 66 valence electrons. The van der Waals surface area contributed by atoms with E-state index in [1.54, 1.807) is 7.11 Å². The van der Waals surface area contributed by atoms with Gasteiger partial charge in [-0.05, 0) is 0 Å². The highest BCUT2D eigenvalue weighted by Crippen LogP contribution is 2.00. The number of ether oxygens (including phenoxy) is 2. The van der Waals surface area contributed by atoms with Gasteiger partial charge in [-0.25, -0.2) is 0 Å². The minimum atomic E-state index is -0.136. The Morgan fingerprint density at radius 3 is 2.75 bits per heavy atom. The van der Waals surface area contributed by atoms with Gasteiger partial charge in [0.25, 0.3) is 0 Å². The molecule has 0 atom stereocenters. The van der Waals surface area contributed by atoms with Crippen molar-refractivity contribution in [3.8, 4) is 5.75 Å². The first kappa shape index (κ1) is 8.80. The van der Waals surface area contributed by atoms with Crippen molar-refractivity contribution in [1.82, 2.24) is 4.98 Å². The van der Waals surface area contributed by atoms with Crippen LogP contribution in [-0.4, -0.2) is 19.2 Å². The second-order valence-corrected chi connectivity index (χ2v) is 2.32. The fraction of sp³-hybridized carbons (Fsp3) is 0.375. The number of H-pyrrole nitrogens is 1. The van der Waals surface area contributed by atoms with Crippen LogP contribution in [-0.2, 0) is 11.3 Å². The number of aromatic amines is 1. The Morgan fingerprint density at radius 2 is 2.25 bits per heavy atom. The van der Waals surface area contributed by atoms with Gasteiger partial charge in [0, 0.05) is 25.1 Å². The van der Waals surface area contributed by atoms with Gasteiger partial charge < -0.3 is 14.5 Å². The van der Waals surface area contributed by atoms with Gasteiger partial charge in [0.2, 0.25) is 5.43 Å². The minimum Gasteiger partial charge on any atom is -0.491 e. The highest BCUT2D eigenvalue weighted by Gasteiger charge is 1.99. The Hall–Kier alpha value is -1.29. The van der Waals surface area contributed by atoms with Crippen molar-refractivity contribution < 1.29 is 9.47 Å². The average Bonchev–Trinajstić information content (AvgIpc) is 2.05. The van der Waals surface area contributed by atoms with Gasteiger partial charge in [0.1, 0.15) is 0 Å². The van der Waals surface area contributed by atoms with Crippen LogP contribution in [0.25, 0.3) is 0 Å². The number of aromatic nitrogens is 1. The molecule has 1 rings (SSSR count). The molecule has 1 heterocycles. The van der Waals surface area contributed by atoms with Gasteiger partial charge in [0.15, 0.2) is 5.75 Å². The number of hydrogen-bond donors (Lipinski definition) is 1. The van der Waals surface area contributed by atoms with Crippen molar-refractivity contribution in [2.75, 3.05) is 14.2 Å². The van der Waals surface area contributed by atoms with Crippen molar-refractivity contribution >= 4 is 0 Å². The number of nitrogens with one attached hydrogen (secondary N) is 1. The van der Waals surface area contributed by atoms with E-state index in [1.165, 1.54) is 19.4 Å². The summed E-state index contributed by atoms with van der Waals surface area (Å²) < 4.78 is 9.64. The summed E-state index contributed by atoms with van der Waals surface area (Å²) in [4.78, 5) is 14.0. The molecule has 0 unspecified atom stereocenters. The Balaban J connectivity index is 2.94. The number of rotatable bonds is 3. The largest absolute Gasteiger partial charge is 0.491 e. The van der Waals surface area contributed by atoms with E-state index in [0.29, 0.717) is 12.4 Å². The first-order valence-corrected chi connectivity index (χ1v) is 3.52. The van der Waals surface area contributed by atoms with E-state index in [0.717, 1.165) is 5.69 Å². The Morgan fingerprint density at radius 1 is 1.50 bits per heavy atom. The predicted octanol–water partition coefficient (Wildman–Crippen LogP) is 0.530. The van der Waals surface area contributed by atoms with Crippen molar-refractivity contribution in [2.45, 2.75) is 6.61 Å². The minimum absolute atomic E-state index is 0.136. The first-order valence-electron chi connectivity index (χ1n) is 3.52. The zero-order valence-electron chi connectivity index (χ0n) is 7.09. The van der Waals surface area contributed by atoms with Gasteiger partial charge in [-0.15, -0.1) is 0 Å². The van der Waals surface area contributed by atoms with Crippen LogP contribution in [0.4, 0.5) is 0 Å². The second-order valence-electron chi connectivity index (χ2n) is 2.32. The Bertz CT molecular complexity index is 305. The third-order valence-corrected chi connectivity index (χ3v) is 1.46. The van der Waals surface area contributed by atoms with Gasteiger partial charge in [-0.3, -0.25) is 4.79 Å². The topological polar surface area (TPSA) is 51.3 Å². The third kappa shape index (κ3) is 1.85. The Labute approximate surface area is 70.1 Å². The van der Waals surface area contributed by atoms with E-state index in [2.05, 4.69) is 4.98 Å². The summed E-state index contributed by atoms with van der Waals surface area (Å²) in [6.07, 6.45) is 1.52. The molecule has 4 heteroatoms. The van der Waals surface area contributed by atoms with Crippen LogP contribution in [0.5, 0.6) is 5.75 Å². The van der Waals surface area contributed by atoms with Crippen molar-refractivity contribution in [1.29, 1.82) is 0 Å². The highest BCUT2D eigenvalue weighted by molar-refractivity contribution is 5.19. The first-order chi connectivity index (χ1) is 5.77. The predicted molar refractivity (Wildman–Crippen MR) is 44.3 cm³/mol. The molecular weight excluding hydrogens is 158 g/mol. The molecule has 0 amide bonds. The molecule has 0 radical (unpaired) electrons. The van der Waals surface area contributed by atoms with Crippen LogP contribution in [0, 0.1) is 0 Å². The molecule has 12 heavy (non-hydrogen) atoms. The highest BCUT2D eigenvalue weighted by atomic mass is 16.5. The number of methoxy groups -OCH3 is 2. The van der Waals surface area contributed by atoms with Crippen molar-refractivity contribution in [3.63, 3.8) is 0 Å². The average molecular weight is 169 g/mol.